The van der Waals surface area contributed by atoms with Gasteiger partial charge in [0.15, 0.2) is 18.1 Å². The topological polar surface area (TPSA) is 135 Å². The molecular weight excluding hydrogens is 497 g/mol. The lowest BCUT2D eigenvalue weighted by Crippen LogP contribution is -2.58. The zero-order chi connectivity index (χ0) is 26.6. The Bertz CT molecular complexity index is 1350. The van der Waals surface area contributed by atoms with Crippen molar-refractivity contribution in [1.82, 2.24) is 25.7 Å². The lowest BCUT2D eigenvalue weighted by atomic mass is 10.00. The minimum atomic E-state index is -0.613. The van der Waals surface area contributed by atoms with Crippen LogP contribution in [0, 0.1) is 5.82 Å². The second kappa shape index (κ2) is 10.8. The maximum atomic E-state index is 14.4. The minimum absolute atomic E-state index is 0.0608. The van der Waals surface area contributed by atoms with Crippen LogP contribution in [0.5, 0.6) is 17.2 Å². The molecule has 0 radical (unpaired) electrons. The highest BCUT2D eigenvalue weighted by atomic mass is 19.1. The van der Waals surface area contributed by atoms with E-state index in [0.717, 1.165) is 0 Å². The fraction of sp³-hybridized carbons (Fsp3) is 0.308. The van der Waals surface area contributed by atoms with Gasteiger partial charge in [0.1, 0.15) is 17.7 Å². The second-order valence-corrected chi connectivity index (χ2v) is 8.99. The van der Waals surface area contributed by atoms with Crippen LogP contribution >= 0.6 is 0 Å². The number of likely N-dealkylation sites (tertiary alicyclic amines) is 1. The molecule has 1 fully saturated rings. The Balaban J connectivity index is 1.47. The third-order valence-electron chi connectivity index (χ3n) is 6.39. The number of aromatic amines is 1. The van der Waals surface area contributed by atoms with Crippen LogP contribution in [0.1, 0.15) is 32.7 Å². The predicted octanol–water partition coefficient (Wildman–Crippen LogP) is 1.66. The zero-order valence-corrected chi connectivity index (χ0v) is 20.5. The summed E-state index contributed by atoms with van der Waals surface area (Å²) in [5.41, 5.74) is 1.16. The van der Waals surface area contributed by atoms with E-state index in [2.05, 4.69) is 20.8 Å². The van der Waals surface area contributed by atoms with E-state index in [9.17, 15) is 18.8 Å². The number of nitrogens with zero attached hydrogens (tertiary/aromatic N) is 2. The van der Waals surface area contributed by atoms with Gasteiger partial charge >= 0.3 is 0 Å². The molecule has 0 saturated carbocycles. The lowest BCUT2D eigenvalue weighted by Gasteiger charge is -2.38. The van der Waals surface area contributed by atoms with Crippen LogP contribution in [0.25, 0.3) is 0 Å². The molecule has 2 atom stereocenters. The third kappa shape index (κ3) is 5.53. The average Bonchev–Trinajstić information content (AvgIpc) is 3.45. The van der Waals surface area contributed by atoms with E-state index < -0.39 is 29.8 Å². The maximum absolute atomic E-state index is 14.4. The van der Waals surface area contributed by atoms with Gasteiger partial charge in [-0.25, -0.2) is 4.39 Å². The van der Waals surface area contributed by atoms with E-state index in [4.69, 9.17) is 14.2 Å². The van der Waals surface area contributed by atoms with Gasteiger partial charge < -0.3 is 29.7 Å². The zero-order valence-electron chi connectivity index (χ0n) is 20.5. The molecule has 2 aliphatic rings. The highest BCUT2D eigenvalue weighted by Crippen LogP contribution is 2.29. The van der Waals surface area contributed by atoms with Gasteiger partial charge in [-0.3, -0.25) is 19.5 Å². The SMILES string of the molecule is COc1ccc2cc1OCC(=O)NCc1cc(F)cc(c1)O[C@@H]1CCN(C(=O)c3cn[nH]c3)C[C@@H]1NC2=O. The molecular formula is C26H26FN5O6. The summed E-state index contributed by atoms with van der Waals surface area (Å²) in [5.74, 6) is -0.826. The van der Waals surface area contributed by atoms with Gasteiger partial charge in [-0.15, -0.1) is 0 Å². The highest BCUT2D eigenvalue weighted by Gasteiger charge is 2.35. The molecule has 3 N–H and O–H groups in total. The number of hydrogen-bond donors (Lipinski definition) is 3. The number of ether oxygens (including phenoxy) is 3. The smallest absolute Gasteiger partial charge is 0.258 e. The van der Waals surface area contributed by atoms with Crippen molar-refractivity contribution in [3.05, 3.63) is 71.3 Å². The van der Waals surface area contributed by atoms with Gasteiger partial charge in [0, 0.05) is 43.9 Å². The van der Waals surface area contributed by atoms with Crippen molar-refractivity contribution in [3.8, 4) is 17.2 Å². The first kappa shape index (κ1) is 25.1. The molecule has 11 nitrogen and oxygen atoms in total. The number of halogens is 1. The molecule has 4 bridgehead atoms. The standard InChI is InChI=1S/C26H26FN5O6/c1-36-22-3-2-16-8-23(22)37-14-24(33)28-10-15-6-18(27)9-19(7-15)38-21-4-5-32(13-20(21)31-25(16)34)26(35)17-11-29-30-12-17/h2-3,6-9,11-12,20-21H,4-5,10,13-14H2,1H3,(H,28,33)(H,29,30)(H,31,34)/t20-,21+/m0/s1. The van der Waals surface area contributed by atoms with Gasteiger partial charge in [0.25, 0.3) is 17.7 Å². The number of rotatable bonds is 2. The average molecular weight is 524 g/mol. The fourth-order valence-electron chi connectivity index (χ4n) is 4.49. The fourth-order valence-corrected chi connectivity index (χ4v) is 4.49. The van der Waals surface area contributed by atoms with E-state index in [1.807, 2.05) is 0 Å². The number of hydrogen-bond acceptors (Lipinski definition) is 7. The molecule has 5 rings (SSSR count). The Morgan fingerprint density at radius 3 is 2.87 bits per heavy atom. The number of nitrogens with one attached hydrogen (secondary N) is 3. The molecule has 1 aromatic heterocycles. The molecule has 3 aromatic rings. The number of amides is 3. The van der Waals surface area contributed by atoms with Crippen molar-refractivity contribution < 1.29 is 33.0 Å². The largest absolute Gasteiger partial charge is 0.493 e. The monoisotopic (exact) mass is 523 g/mol. The van der Waals surface area contributed by atoms with Crippen LogP contribution in [0.4, 0.5) is 4.39 Å². The summed E-state index contributed by atoms with van der Waals surface area (Å²) in [4.78, 5) is 40.2. The molecule has 1 saturated heterocycles. The van der Waals surface area contributed by atoms with Crippen LogP contribution in [0.3, 0.4) is 0 Å². The Hall–Kier alpha value is -4.61. The van der Waals surface area contributed by atoms with Crippen LogP contribution in [0.15, 0.2) is 48.8 Å². The summed E-state index contributed by atoms with van der Waals surface area (Å²) in [5, 5.41) is 12.1. The van der Waals surface area contributed by atoms with Gasteiger partial charge in [0.05, 0.1) is 24.9 Å². The van der Waals surface area contributed by atoms with Crippen molar-refractivity contribution in [2.45, 2.75) is 25.1 Å². The van der Waals surface area contributed by atoms with Crippen LogP contribution < -0.4 is 24.8 Å². The van der Waals surface area contributed by atoms with Crippen molar-refractivity contribution in [2.24, 2.45) is 0 Å². The second-order valence-electron chi connectivity index (χ2n) is 8.99. The first-order valence-electron chi connectivity index (χ1n) is 12.0. The molecule has 3 amide bonds. The van der Waals surface area contributed by atoms with Crippen molar-refractivity contribution in [1.29, 1.82) is 0 Å². The van der Waals surface area contributed by atoms with E-state index >= 15 is 0 Å². The normalized spacial score (nSPS) is 19.8. The molecule has 0 aliphatic carbocycles. The van der Waals surface area contributed by atoms with E-state index in [0.29, 0.717) is 29.8 Å². The van der Waals surface area contributed by atoms with Gasteiger partial charge in [-0.1, -0.05) is 0 Å². The quantitative estimate of drug-likeness (QED) is 0.465. The number of carbonyl (C=O) groups excluding carboxylic acids is 3. The Labute approximate surface area is 217 Å². The van der Waals surface area contributed by atoms with E-state index in [1.54, 1.807) is 23.1 Å². The summed E-state index contributed by atoms with van der Waals surface area (Å²) in [6, 6.07) is 8.18. The lowest BCUT2D eigenvalue weighted by molar-refractivity contribution is -0.123. The predicted molar refractivity (Wildman–Crippen MR) is 132 cm³/mol. The summed E-state index contributed by atoms with van der Waals surface area (Å²) in [7, 11) is 1.45. The summed E-state index contributed by atoms with van der Waals surface area (Å²) < 4.78 is 31.5. The summed E-state index contributed by atoms with van der Waals surface area (Å²) in [6.07, 6.45) is 2.77. The first-order valence-corrected chi connectivity index (χ1v) is 12.0. The Morgan fingerprint density at radius 1 is 1.21 bits per heavy atom. The van der Waals surface area contributed by atoms with Gasteiger partial charge in [-0.2, -0.15) is 5.10 Å². The molecule has 198 valence electrons. The van der Waals surface area contributed by atoms with Crippen molar-refractivity contribution >= 4 is 17.7 Å². The molecule has 2 aliphatic heterocycles. The first-order chi connectivity index (χ1) is 18.4. The highest BCUT2D eigenvalue weighted by molar-refractivity contribution is 5.96. The van der Waals surface area contributed by atoms with Crippen molar-refractivity contribution in [2.75, 3.05) is 26.8 Å². The number of piperidine rings is 1. The molecule has 0 spiro atoms. The minimum Gasteiger partial charge on any atom is -0.493 e. The molecule has 38 heavy (non-hydrogen) atoms. The number of carbonyl (C=O) groups is 3. The van der Waals surface area contributed by atoms with Crippen LogP contribution in [0.2, 0.25) is 0 Å². The van der Waals surface area contributed by atoms with Crippen LogP contribution in [-0.4, -0.2) is 71.8 Å². The molecule has 3 heterocycles. The number of methoxy groups -OCH3 is 1. The van der Waals surface area contributed by atoms with E-state index in [1.165, 1.54) is 37.7 Å². The summed E-state index contributed by atoms with van der Waals surface area (Å²) >= 11 is 0. The Morgan fingerprint density at radius 2 is 2.08 bits per heavy atom. The molecule has 12 heteroatoms. The summed E-state index contributed by atoms with van der Waals surface area (Å²) in [6.45, 7) is 0.249. The Kier molecular flexibility index (Phi) is 7.11. The van der Waals surface area contributed by atoms with E-state index in [-0.39, 0.29) is 42.7 Å². The number of aromatic nitrogens is 2. The maximum Gasteiger partial charge on any atom is 0.258 e. The van der Waals surface area contributed by atoms with Gasteiger partial charge in [-0.05, 0) is 35.9 Å². The number of benzene rings is 2. The van der Waals surface area contributed by atoms with Crippen LogP contribution in [-0.2, 0) is 11.3 Å². The van der Waals surface area contributed by atoms with Crippen molar-refractivity contribution in [3.63, 3.8) is 0 Å². The van der Waals surface area contributed by atoms with Gasteiger partial charge in [0.2, 0.25) is 0 Å². The number of H-pyrrole nitrogens is 1. The molecule has 2 aromatic carbocycles. The number of fused-ring (bicyclic) bond motifs is 5. The third-order valence-corrected chi connectivity index (χ3v) is 6.39. The molecule has 0 unspecified atom stereocenters.